The Kier molecular flexibility index (Phi) is 13.6. The summed E-state index contributed by atoms with van der Waals surface area (Å²) in [5.74, 6) is 0.906. The topological polar surface area (TPSA) is 67.6 Å². The summed E-state index contributed by atoms with van der Waals surface area (Å²) in [5.41, 5.74) is 5.91. The molecule has 1 rings (SSSR count). The summed E-state index contributed by atoms with van der Waals surface area (Å²) in [7, 11) is 0. The van der Waals surface area contributed by atoms with E-state index in [-0.39, 0.29) is 30.7 Å². The molecule has 134 valence electrons. The van der Waals surface area contributed by atoms with Gasteiger partial charge in [-0.1, -0.05) is 27.7 Å². The summed E-state index contributed by atoms with van der Waals surface area (Å²) in [6.07, 6.45) is 0.732. The lowest BCUT2D eigenvalue weighted by Crippen LogP contribution is -2.53. The molecule has 0 radical (unpaired) electrons. The Morgan fingerprint density at radius 2 is 1.73 bits per heavy atom. The summed E-state index contributed by atoms with van der Waals surface area (Å²) >= 11 is 0. The second-order valence-corrected chi connectivity index (χ2v) is 6.44. The zero-order chi connectivity index (χ0) is 15.1. The number of nitrogens with zero attached hydrogens (tertiary/aromatic N) is 1. The van der Waals surface area contributed by atoms with Crippen molar-refractivity contribution in [1.82, 2.24) is 10.2 Å². The lowest BCUT2D eigenvalue weighted by atomic mass is 10.0. The van der Waals surface area contributed by atoms with Gasteiger partial charge in [-0.05, 0) is 18.3 Å². The number of carbonyl (C=O) groups excluding carboxylic acids is 1. The molecule has 1 aliphatic rings. The van der Waals surface area contributed by atoms with Crippen molar-refractivity contribution in [2.75, 3.05) is 32.8 Å². The summed E-state index contributed by atoms with van der Waals surface area (Å²) in [6.45, 7) is 12.7. The second-order valence-electron chi connectivity index (χ2n) is 6.44. The average molecular weight is 358 g/mol. The van der Waals surface area contributed by atoms with Gasteiger partial charge in [-0.3, -0.25) is 9.69 Å². The maximum absolute atomic E-state index is 12.0. The standard InChI is InChI=1S/C15H31N3O2.2ClH/c1-11(2)9-13(16)15(19)17-10-14(12(3)4)18-5-7-20-8-6-18;;/h11-14H,5-10,16H2,1-4H3,(H,17,19);2*1H/t13-,14?;;/m0../s1. The number of nitrogens with one attached hydrogen (secondary N) is 1. The van der Waals surface area contributed by atoms with E-state index in [4.69, 9.17) is 10.5 Å². The first kappa shape index (κ1) is 24.2. The molecular weight excluding hydrogens is 325 g/mol. The van der Waals surface area contributed by atoms with Crippen LogP contribution in [-0.2, 0) is 9.53 Å². The van der Waals surface area contributed by atoms with Gasteiger partial charge in [-0.2, -0.15) is 0 Å². The summed E-state index contributed by atoms with van der Waals surface area (Å²) in [6, 6.07) is -0.0402. The van der Waals surface area contributed by atoms with Crippen LogP contribution in [0.2, 0.25) is 0 Å². The fourth-order valence-corrected chi connectivity index (χ4v) is 2.65. The molecule has 1 unspecified atom stereocenters. The Morgan fingerprint density at radius 1 is 1.18 bits per heavy atom. The minimum atomic E-state index is -0.396. The third-order valence-corrected chi connectivity index (χ3v) is 3.83. The van der Waals surface area contributed by atoms with Crippen molar-refractivity contribution >= 4 is 30.7 Å². The Hall–Kier alpha value is -0.0700. The fourth-order valence-electron chi connectivity index (χ4n) is 2.65. The van der Waals surface area contributed by atoms with Gasteiger partial charge >= 0.3 is 0 Å². The van der Waals surface area contributed by atoms with E-state index in [0.717, 1.165) is 32.7 Å². The minimum Gasteiger partial charge on any atom is -0.379 e. The normalized spacial score (nSPS) is 18.3. The summed E-state index contributed by atoms with van der Waals surface area (Å²) in [5, 5.41) is 3.02. The first-order valence-electron chi connectivity index (χ1n) is 7.77. The Labute approximate surface area is 147 Å². The molecule has 3 N–H and O–H groups in total. The smallest absolute Gasteiger partial charge is 0.236 e. The van der Waals surface area contributed by atoms with Crippen molar-refractivity contribution in [2.24, 2.45) is 17.6 Å². The molecule has 0 aromatic heterocycles. The van der Waals surface area contributed by atoms with Crippen LogP contribution in [0.15, 0.2) is 0 Å². The molecular formula is C15H33Cl2N3O2. The third kappa shape index (κ3) is 8.53. The highest BCUT2D eigenvalue weighted by atomic mass is 35.5. The highest BCUT2D eigenvalue weighted by Gasteiger charge is 2.25. The first-order valence-corrected chi connectivity index (χ1v) is 7.77. The number of carbonyl (C=O) groups is 1. The van der Waals surface area contributed by atoms with Gasteiger partial charge < -0.3 is 15.8 Å². The van der Waals surface area contributed by atoms with Crippen LogP contribution in [0.4, 0.5) is 0 Å². The van der Waals surface area contributed by atoms with E-state index in [9.17, 15) is 4.79 Å². The SMILES string of the molecule is CC(C)C[C@H](N)C(=O)NCC(C(C)C)N1CCOCC1.Cl.Cl. The van der Waals surface area contributed by atoms with Crippen LogP contribution >= 0.6 is 24.8 Å². The van der Waals surface area contributed by atoms with Crippen molar-refractivity contribution in [2.45, 2.75) is 46.2 Å². The molecule has 1 amide bonds. The number of rotatable bonds is 7. The number of halogens is 2. The zero-order valence-electron chi connectivity index (χ0n) is 14.2. The van der Waals surface area contributed by atoms with Crippen molar-refractivity contribution in [3.8, 4) is 0 Å². The van der Waals surface area contributed by atoms with Gasteiger partial charge in [-0.15, -0.1) is 24.8 Å². The number of hydrogen-bond acceptors (Lipinski definition) is 4. The van der Waals surface area contributed by atoms with Gasteiger partial charge in [0.05, 0.1) is 19.3 Å². The van der Waals surface area contributed by atoms with Gasteiger partial charge in [0.25, 0.3) is 0 Å². The van der Waals surface area contributed by atoms with Gasteiger partial charge in [-0.25, -0.2) is 0 Å². The molecule has 0 aromatic rings. The lowest BCUT2D eigenvalue weighted by molar-refractivity contribution is -0.123. The molecule has 0 saturated carbocycles. The zero-order valence-corrected chi connectivity index (χ0v) is 15.8. The Morgan fingerprint density at radius 3 is 2.18 bits per heavy atom. The molecule has 2 atom stereocenters. The lowest BCUT2D eigenvalue weighted by Gasteiger charge is -2.37. The molecule has 1 saturated heterocycles. The maximum Gasteiger partial charge on any atom is 0.236 e. The molecule has 0 aromatic carbocycles. The van der Waals surface area contributed by atoms with E-state index < -0.39 is 6.04 Å². The first-order chi connectivity index (χ1) is 9.41. The molecule has 0 spiro atoms. The van der Waals surface area contributed by atoms with Crippen LogP contribution in [0.1, 0.15) is 34.1 Å². The number of hydrogen-bond donors (Lipinski definition) is 2. The Balaban J connectivity index is 0. The van der Waals surface area contributed by atoms with E-state index >= 15 is 0 Å². The van der Waals surface area contributed by atoms with E-state index in [1.54, 1.807) is 0 Å². The molecule has 0 bridgehead atoms. The van der Waals surface area contributed by atoms with Crippen LogP contribution in [0.25, 0.3) is 0 Å². The quantitative estimate of drug-likeness (QED) is 0.727. The molecule has 5 nitrogen and oxygen atoms in total. The monoisotopic (exact) mass is 357 g/mol. The molecule has 1 fully saturated rings. The number of nitrogens with two attached hydrogens (primary N) is 1. The number of ether oxygens (including phenoxy) is 1. The largest absolute Gasteiger partial charge is 0.379 e. The molecule has 22 heavy (non-hydrogen) atoms. The predicted molar refractivity (Wildman–Crippen MR) is 96.0 cm³/mol. The van der Waals surface area contributed by atoms with Crippen molar-refractivity contribution in [3.05, 3.63) is 0 Å². The second kappa shape index (κ2) is 12.4. The van der Waals surface area contributed by atoms with Crippen LogP contribution in [-0.4, -0.2) is 55.7 Å². The van der Waals surface area contributed by atoms with Gasteiger partial charge in [0.1, 0.15) is 0 Å². The van der Waals surface area contributed by atoms with Crippen LogP contribution < -0.4 is 11.1 Å². The Bertz CT molecular complexity index is 299. The van der Waals surface area contributed by atoms with E-state index in [0.29, 0.717) is 24.4 Å². The maximum atomic E-state index is 12.0. The van der Waals surface area contributed by atoms with Gasteiger partial charge in [0.2, 0.25) is 5.91 Å². The summed E-state index contributed by atoms with van der Waals surface area (Å²) in [4.78, 5) is 14.4. The molecule has 1 heterocycles. The van der Waals surface area contributed by atoms with Crippen molar-refractivity contribution in [3.63, 3.8) is 0 Å². The van der Waals surface area contributed by atoms with Gasteiger partial charge in [0, 0.05) is 25.7 Å². The van der Waals surface area contributed by atoms with Crippen LogP contribution in [0, 0.1) is 11.8 Å². The third-order valence-electron chi connectivity index (χ3n) is 3.83. The number of amides is 1. The molecule has 7 heteroatoms. The fraction of sp³-hybridized carbons (Fsp3) is 0.933. The van der Waals surface area contributed by atoms with Crippen molar-refractivity contribution < 1.29 is 9.53 Å². The van der Waals surface area contributed by atoms with E-state index in [1.807, 2.05) is 0 Å². The number of morpholine rings is 1. The van der Waals surface area contributed by atoms with Crippen LogP contribution in [0.3, 0.4) is 0 Å². The minimum absolute atomic E-state index is 0. The summed E-state index contributed by atoms with van der Waals surface area (Å²) < 4.78 is 5.39. The van der Waals surface area contributed by atoms with Crippen molar-refractivity contribution in [1.29, 1.82) is 0 Å². The van der Waals surface area contributed by atoms with E-state index in [1.165, 1.54) is 0 Å². The highest BCUT2D eigenvalue weighted by Crippen LogP contribution is 2.12. The van der Waals surface area contributed by atoms with Gasteiger partial charge in [0.15, 0.2) is 0 Å². The molecule has 1 aliphatic heterocycles. The average Bonchev–Trinajstić information content (AvgIpc) is 2.38. The predicted octanol–water partition coefficient (Wildman–Crippen LogP) is 1.68. The van der Waals surface area contributed by atoms with Crippen LogP contribution in [0.5, 0.6) is 0 Å². The van der Waals surface area contributed by atoms with E-state index in [2.05, 4.69) is 37.9 Å². The highest BCUT2D eigenvalue weighted by molar-refractivity contribution is 5.85. The molecule has 0 aliphatic carbocycles.